The molecule has 1 nitrogen and oxygen atoms in total. The number of ketones is 1. The van der Waals surface area contributed by atoms with E-state index in [1.165, 1.54) is 50.1 Å². The van der Waals surface area contributed by atoms with Gasteiger partial charge >= 0.3 is 0 Å². The standard InChI is InChI=1S/C25H32O/c1-13-15(3)19(7)23(20(8)16(13)4)11-12-24(26)25-21(9)17(5)14(2)18(6)22(25)10/h11-12H,1-10H3/b12-11+. The van der Waals surface area contributed by atoms with Crippen LogP contribution in [0.4, 0.5) is 0 Å². The van der Waals surface area contributed by atoms with Gasteiger partial charge in [-0.2, -0.15) is 0 Å². The van der Waals surface area contributed by atoms with Gasteiger partial charge in [0.2, 0.25) is 0 Å². The van der Waals surface area contributed by atoms with E-state index in [-0.39, 0.29) is 5.78 Å². The largest absolute Gasteiger partial charge is 0.289 e. The predicted molar refractivity (Wildman–Crippen MR) is 114 cm³/mol. The van der Waals surface area contributed by atoms with Crippen LogP contribution >= 0.6 is 0 Å². The van der Waals surface area contributed by atoms with Gasteiger partial charge < -0.3 is 0 Å². The number of allylic oxidation sites excluding steroid dienone is 1. The fourth-order valence-corrected chi connectivity index (χ4v) is 3.89. The Morgan fingerprint density at radius 1 is 0.500 bits per heavy atom. The van der Waals surface area contributed by atoms with Crippen LogP contribution in [-0.2, 0) is 0 Å². The van der Waals surface area contributed by atoms with Crippen molar-refractivity contribution in [2.45, 2.75) is 69.2 Å². The van der Waals surface area contributed by atoms with E-state index in [0.29, 0.717) is 0 Å². The van der Waals surface area contributed by atoms with Crippen molar-refractivity contribution in [1.29, 1.82) is 0 Å². The van der Waals surface area contributed by atoms with Gasteiger partial charge in [-0.1, -0.05) is 6.08 Å². The SMILES string of the molecule is Cc1c(C)c(C)c(/C=C/C(=O)c2c(C)c(C)c(C)c(C)c2C)c(C)c1C. The first-order chi connectivity index (χ1) is 12.0. The maximum Gasteiger partial charge on any atom is 0.186 e. The van der Waals surface area contributed by atoms with Crippen molar-refractivity contribution in [1.82, 2.24) is 0 Å². The van der Waals surface area contributed by atoms with Crippen molar-refractivity contribution >= 4 is 11.9 Å². The molecule has 0 aliphatic heterocycles. The van der Waals surface area contributed by atoms with Crippen LogP contribution in [0.25, 0.3) is 6.08 Å². The highest BCUT2D eigenvalue weighted by molar-refractivity contribution is 6.09. The molecule has 1 heteroatoms. The summed E-state index contributed by atoms with van der Waals surface area (Å²) in [7, 11) is 0. The van der Waals surface area contributed by atoms with Crippen molar-refractivity contribution < 1.29 is 4.79 Å². The fourth-order valence-electron chi connectivity index (χ4n) is 3.89. The molecule has 0 unspecified atom stereocenters. The average Bonchev–Trinajstić information content (AvgIpc) is 2.61. The third-order valence-electron chi connectivity index (χ3n) is 6.71. The number of rotatable bonds is 3. The molecule has 0 spiro atoms. The lowest BCUT2D eigenvalue weighted by molar-refractivity contribution is 0.104. The Hall–Kier alpha value is -2.15. The summed E-state index contributed by atoms with van der Waals surface area (Å²) in [6.45, 7) is 21.3. The van der Waals surface area contributed by atoms with Crippen molar-refractivity contribution in [2.24, 2.45) is 0 Å². The molecular formula is C25H32O. The number of carbonyl (C=O) groups excluding carboxylic acids is 1. The lowest BCUT2D eigenvalue weighted by Gasteiger charge is -2.18. The molecule has 0 saturated heterocycles. The maximum atomic E-state index is 13.0. The van der Waals surface area contributed by atoms with E-state index in [4.69, 9.17) is 0 Å². The zero-order valence-electron chi connectivity index (χ0n) is 18.1. The van der Waals surface area contributed by atoms with Crippen LogP contribution in [0.3, 0.4) is 0 Å². The first kappa shape index (κ1) is 20.2. The Morgan fingerprint density at radius 2 is 0.808 bits per heavy atom. The number of benzene rings is 2. The molecular weight excluding hydrogens is 316 g/mol. The van der Waals surface area contributed by atoms with Crippen LogP contribution in [-0.4, -0.2) is 5.78 Å². The first-order valence-electron chi connectivity index (χ1n) is 9.36. The van der Waals surface area contributed by atoms with Crippen molar-refractivity contribution in [3.63, 3.8) is 0 Å². The summed E-state index contributed by atoms with van der Waals surface area (Å²) in [6, 6.07) is 0. The van der Waals surface area contributed by atoms with E-state index in [9.17, 15) is 4.79 Å². The molecule has 2 rings (SSSR count). The van der Waals surface area contributed by atoms with Crippen LogP contribution in [0.2, 0.25) is 0 Å². The second-order valence-corrected chi connectivity index (χ2v) is 7.74. The lowest BCUT2D eigenvalue weighted by atomic mass is 9.86. The van der Waals surface area contributed by atoms with Gasteiger partial charge in [0, 0.05) is 5.56 Å². The predicted octanol–water partition coefficient (Wildman–Crippen LogP) is 6.67. The van der Waals surface area contributed by atoms with Crippen LogP contribution in [0, 0.1) is 69.2 Å². The number of carbonyl (C=O) groups is 1. The maximum absolute atomic E-state index is 13.0. The summed E-state index contributed by atoms with van der Waals surface area (Å²) in [4.78, 5) is 13.0. The van der Waals surface area contributed by atoms with Crippen LogP contribution in [0.15, 0.2) is 6.08 Å². The molecule has 0 bridgehead atoms. The second-order valence-electron chi connectivity index (χ2n) is 7.74. The minimum absolute atomic E-state index is 0.0980. The highest BCUT2D eigenvalue weighted by Gasteiger charge is 2.17. The normalized spacial score (nSPS) is 11.5. The van der Waals surface area contributed by atoms with E-state index in [2.05, 4.69) is 69.2 Å². The summed E-state index contributed by atoms with van der Waals surface area (Å²) in [5.74, 6) is 0.0980. The molecule has 2 aromatic carbocycles. The molecule has 0 aromatic heterocycles. The topological polar surface area (TPSA) is 17.1 Å². The van der Waals surface area contributed by atoms with Crippen molar-refractivity contribution in [2.75, 3.05) is 0 Å². The van der Waals surface area contributed by atoms with Gasteiger partial charge in [0.15, 0.2) is 5.78 Å². The molecule has 0 saturated carbocycles. The molecule has 0 radical (unpaired) electrons. The first-order valence-corrected chi connectivity index (χ1v) is 9.36. The van der Waals surface area contributed by atoms with E-state index >= 15 is 0 Å². The van der Waals surface area contributed by atoms with Gasteiger partial charge in [0.1, 0.15) is 0 Å². The summed E-state index contributed by atoms with van der Waals surface area (Å²) in [5, 5.41) is 0. The second kappa shape index (κ2) is 7.23. The van der Waals surface area contributed by atoms with E-state index in [1.807, 2.05) is 6.08 Å². The average molecular weight is 349 g/mol. The molecule has 0 aliphatic rings. The molecule has 26 heavy (non-hydrogen) atoms. The highest BCUT2D eigenvalue weighted by Crippen LogP contribution is 2.29. The third-order valence-corrected chi connectivity index (χ3v) is 6.71. The van der Waals surface area contributed by atoms with Gasteiger partial charge in [-0.05, 0) is 137 Å². The summed E-state index contributed by atoms with van der Waals surface area (Å²) >= 11 is 0. The highest BCUT2D eigenvalue weighted by atomic mass is 16.1. The summed E-state index contributed by atoms with van der Waals surface area (Å²) in [6.07, 6.45) is 3.77. The number of hydrogen-bond acceptors (Lipinski definition) is 1. The monoisotopic (exact) mass is 348 g/mol. The van der Waals surface area contributed by atoms with Gasteiger partial charge in [-0.3, -0.25) is 4.79 Å². The lowest BCUT2D eigenvalue weighted by Crippen LogP contribution is -2.07. The molecule has 0 aliphatic carbocycles. The molecule has 0 fully saturated rings. The molecule has 0 heterocycles. The zero-order chi connectivity index (χ0) is 19.9. The van der Waals surface area contributed by atoms with Gasteiger partial charge in [0.25, 0.3) is 0 Å². The molecule has 2 aromatic rings. The van der Waals surface area contributed by atoms with Gasteiger partial charge in [0.05, 0.1) is 0 Å². The summed E-state index contributed by atoms with van der Waals surface area (Å²) < 4.78 is 0. The van der Waals surface area contributed by atoms with Crippen molar-refractivity contribution in [3.05, 3.63) is 72.8 Å². The minimum atomic E-state index is 0.0980. The molecule has 0 amide bonds. The van der Waals surface area contributed by atoms with Crippen LogP contribution in [0.5, 0.6) is 0 Å². The Balaban J connectivity index is 2.57. The van der Waals surface area contributed by atoms with E-state index in [0.717, 1.165) is 16.7 Å². The quantitative estimate of drug-likeness (QED) is 0.447. The van der Waals surface area contributed by atoms with Gasteiger partial charge in [-0.25, -0.2) is 0 Å². The molecule has 0 atom stereocenters. The molecule has 138 valence electrons. The van der Waals surface area contributed by atoms with Crippen LogP contribution < -0.4 is 0 Å². The summed E-state index contributed by atoms with van der Waals surface area (Å²) in [5.41, 5.74) is 14.5. The Kier molecular flexibility index (Phi) is 5.61. The Morgan fingerprint density at radius 3 is 1.19 bits per heavy atom. The molecule has 0 N–H and O–H groups in total. The minimum Gasteiger partial charge on any atom is -0.289 e. The van der Waals surface area contributed by atoms with Gasteiger partial charge in [-0.15, -0.1) is 0 Å². The fraction of sp³-hybridized carbons (Fsp3) is 0.400. The Bertz CT molecular complexity index is 882. The Labute approximate surface area is 159 Å². The van der Waals surface area contributed by atoms with Crippen LogP contribution in [0.1, 0.15) is 71.6 Å². The number of hydrogen-bond donors (Lipinski definition) is 0. The smallest absolute Gasteiger partial charge is 0.186 e. The third kappa shape index (κ3) is 3.16. The van der Waals surface area contributed by atoms with E-state index in [1.54, 1.807) is 6.08 Å². The zero-order valence-corrected chi connectivity index (χ0v) is 18.1. The van der Waals surface area contributed by atoms with Crippen molar-refractivity contribution in [3.8, 4) is 0 Å². The van der Waals surface area contributed by atoms with E-state index < -0.39 is 0 Å².